The third-order valence-electron chi connectivity index (χ3n) is 2.02. The number of morpholine rings is 1. The Balaban J connectivity index is 2.07. The Hall–Kier alpha value is -0.120. The van der Waals surface area contributed by atoms with Gasteiger partial charge in [0.2, 0.25) is 0 Å². The average Bonchev–Trinajstić information content (AvgIpc) is 2.09. The van der Waals surface area contributed by atoms with Gasteiger partial charge in [0.1, 0.15) is 0 Å². The molecular weight excluding hydrogens is 118 g/mol. The molecule has 0 saturated carbocycles. The van der Waals surface area contributed by atoms with Crippen molar-refractivity contribution in [1.82, 2.24) is 5.32 Å². The van der Waals surface area contributed by atoms with Gasteiger partial charge in [-0.25, -0.2) is 0 Å². The number of ether oxygens (including phenoxy) is 1. The number of fused-ring (bicyclic) bond motifs is 2. The summed E-state index contributed by atoms with van der Waals surface area (Å²) in [5, 5.41) is 12.4. The fourth-order valence-corrected chi connectivity index (χ4v) is 1.52. The smallest absolute Gasteiger partial charge is 0.0963 e. The van der Waals surface area contributed by atoms with E-state index >= 15 is 0 Å². The Morgan fingerprint density at radius 2 is 2.33 bits per heavy atom. The van der Waals surface area contributed by atoms with E-state index in [-0.39, 0.29) is 18.3 Å². The van der Waals surface area contributed by atoms with Crippen molar-refractivity contribution < 1.29 is 9.84 Å². The van der Waals surface area contributed by atoms with E-state index in [0.717, 1.165) is 19.5 Å². The second-order valence-corrected chi connectivity index (χ2v) is 2.76. The summed E-state index contributed by atoms with van der Waals surface area (Å²) in [6, 6.07) is 0. The van der Waals surface area contributed by atoms with Gasteiger partial charge in [-0.15, -0.1) is 0 Å². The number of aliphatic hydroxyl groups excluding tert-OH is 1. The van der Waals surface area contributed by atoms with Crippen LogP contribution in [0.4, 0.5) is 0 Å². The number of hydrogen-bond donors (Lipinski definition) is 2. The fourth-order valence-electron chi connectivity index (χ4n) is 1.52. The Kier molecular flexibility index (Phi) is 1.22. The zero-order chi connectivity index (χ0) is 6.27. The molecule has 0 aliphatic carbocycles. The number of nitrogens with one attached hydrogen (secondary N) is 1. The number of aliphatic hydroxyl groups is 1. The maximum atomic E-state index is 9.23. The molecule has 2 N–H and O–H groups in total. The van der Waals surface area contributed by atoms with Gasteiger partial charge in [0.05, 0.1) is 18.3 Å². The van der Waals surface area contributed by atoms with Crippen LogP contribution in [0.5, 0.6) is 0 Å². The summed E-state index contributed by atoms with van der Waals surface area (Å²) < 4.78 is 5.40. The van der Waals surface area contributed by atoms with Crippen LogP contribution < -0.4 is 5.32 Å². The van der Waals surface area contributed by atoms with E-state index in [9.17, 15) is 5.11 Å². The first kappa shape index (κ1) is 5.65. The van der Waals surface area contributed by atoms with E-state index in [2.05, 4.69) is 5.32 Å². The van der Waals surface area contributed by atoms with Crippen molar-refractivity contribution in [1.29, 1.82) is 0 Å². The van der Waals surface area contributed by atoms with Crippen LogP contribution in [0.3, 0.4) is 0 Å². The van der Waals surface area contributed by atoms with Crippen LogP contribution in [0.2, 0.25) is 0 Å². The Labute approximate surface area is 54.0 Å². The molecule has 0 radical (unpaired) electrons. The molecule has 0 aromatic carbocycles. The minimum Gasteiger partial charge on any atom is -0.390 e. The lowest BCUT2D eigenvalue weighted by molar-refractivity contribution is -0.0108. The molecule has 2 aliphatic heterocycles. The minimum absolute atomic E-state index is 0.0729. The molecule has 0 aromatic heterocycles. The van der Waals surface area contributed by atoms with Gasteiger partial charge in [-0.05, 0) is 0 Å². The lowest BCUT2D eigenvalue weighted by atomic mass is 10.2. The van der Waals surface area contributed by atoms with E-state index in [4.69, 9.17) is 4.74 Å². The lowest BCUT2D eigenvalue weighted by Gasteiger charge is -2.20. The van der Waals surface area contributed by atoms with Gasteiger partial charge in [-0.2, -0.15) is 0 Å². The first-order valence-corrected chi connectivity index (χ1v) is 3.40. The molecular formula is C6H11NO2. The highest BCUT2D eigenvalue weighted by Gasteiger charge is 2.36. The molecule has 2 aliphatic rings. The van der Waals surface area contributed by atoms with Gasteiger partial charge in [0, 0.05) is 19.5 Å². The summed E-state index contributed by atoms with van der Waals surface area (Å²) in [6.45, 7) is 1.73. The van der Waals surface area contributed by atoms with Crippen LogP contribution in [-0.2, 0) is 4.74 Å². The summed E-state index contributed by atoms with van der Waals surface area (Å²) >= 11 is 0. The molecule has 2 saturated heterocycles. The molecule has 3 nitrogen and oxygen atoms in total. The van der Waals surface area contributed by atoms with E-state index in [1.807, 2.05) is 0 Å². The molecule has 9 heavy (non-hydrogen) atoms. The van der Waals surface area contributed by atoms with Gasteiger partial charge in [0.15, 0.2) is 0 Å². The van der Waals surface area contributed by atoms with Crippen LogP contribution in [-0.4, -0.2) is 36.5 Å². The van der Waals surface area contributed by atoms with Crippen molar-refractivity contribution in [3.8, 4) is 0 Å². The third kappa shape index (κ3) is 0.852. The largest absolute Gasteiger partial charge is 0.390 e. The molecule has 2 rings (SSSR count). The average molecular weight is 129 g/mol. The summed E-state index contributed by atoms with van der Waals surface area (Å²) in [5.74, 6) is 0. The molecule has 0 spiro atoms. The van der Waals surface area contributed by atoms with Crippen LogP contribution >= 0.6 is 0 Å². The third-order valence-corrected chi connectivity index (χ3v) is 2.02. The lowest BCUT2D eigenvalue weighted by Crippen LogP contribution is -2.40. The van der Waals surface area contributed by atoms with Gasteiger partial charge < -0.3 is 15.2 Å². The quantitative estimate of drug-likeness (QED) is 0.446. The fraction of sp³-hybridized carbons (Fsp3) is 1.00. The van der Waals surface area contributed by atoms with E-state index in [1.165, 1.54) is 0 Å². The standard InChI is InChI=1S/C6H11NO2/c8-5-1-4-2-7-3-6(5)9-4/h4-8H,1-3H2/t4-,5-,6-/m1/s1. The Morgan fingerprint density at radius 3 is 3.00 bits per heavy atom. The molecule has 3 atom stereocenters. The molecule has 0 amide bonds. The van der Waals surface area contributed by atoms with E-state index in [0.29, 0.717) is 0 Å². The van der Waals surface area contributed by atoms with Gasteiger partial charge in [0.25, 0.3) is 0 Å². The predicted octanol–water partition coefficient (Wildman–Crippen LogP) is -0.892. The maximum Gasteiger partial charge on any atom is 0.0963 e. The van der Waals surface area contributed by atoms with Crippen LogP contribution in [0, 0.1) is 0 Å². The molecule has 0 unspecified atom stereocenters. The van der Waals surface area contributed by atoms with Crippen molar-refractivity contribution in [3.05, 3.63) is 0 Å². The van der Waals surface area contributed by atoms with Crippen molar-refractivity contribution >= 4 is 0 Å². The summed E-state index contributed by atoms with van der Waals surface area (Å²) in [5.41, 5.74) is 0. The zero-order valence-electron chi connectivity index (χ0n) is 5.21. The molecule has 0 aromatic rings. The predicted molar refractivity (Wildman–Crippen MR) is 32.2 cm³/mol. The Morgan fingerprint density at radius 1 is 1.44 bits per heavy atom. The minimum atomic E-state index is -0.218. The van der Waals surface area contributed by atoms with Crippen molar-refractivity contribution in [2.45, 2.75) is 24.7 Å². The molecule has 2 bridgehead atoms. The molecule has 3 heteroatoms. The maximum absolute atomic E-state index is 9.23. The first-order chi connectivity index (χ1) is 4.36. The molecule has 52 valence electrons. The van der Waals surface area contributed by atoms with Crippen LogP contribution in [0.1, 0.15) is 6.42 Å². The first-order valence-electron chi connectivity index (χ1n) is 3.40. The van der Waals surface area contributed by atoms with Crippen LogP contribution in [0.15, 0.2) is 0 Å². The zero-order valence-corrected chi connectivity index (χ0v) is 5.21. The van der Waals surface area contributed by atoms with Gasteiger partial charge in [-0.1, -0.05) is 0 Å². The Bertz CT molecular complexity index is 116. The number of hydrogen-bond acceptors (Lipinski definition) is 3. The van der Waals surface area contributed by atoms with E-state index in [1.54, 1.807) is 0 Å². The SMILES string of the molecule is O[C@@H]1C[C@@H]2CNC[C@H]1O2. The topological polar surface area (TPSA) is 41.5 Å². The van der Waals surface area contributed by atoms with Crippen LogP contribution in [0.25, 0.3) is 0 Å². The highest BCUT2D eigenvalue weighted by molar-refractivity contribution is 4.88. The summed E-state index contributed by atoms with van der Waals surface area (Å²) in [7, 11) is 0. The highest BCUT2D eigenvalue weighted by Crippen LogP contribution is 2.22. The van der Waals surface area contributed by atoms with Crippen molar-refractivity contribution in [3.63, 3.8) is 0 Å². The summed E-state index contributed by atoms with van der Waals surface area (Å²) in [4.78, 5) is 0. The summed E-state index contributed by atoms with van der Waals surface area (Å²) in [6.07, 6.45) is 0.949. The van der Waals surface area contributed by atoms with Crippen molar-refractivity contribution in [2.75, 3.05) is 13.1 Å². The second-order valence-electron chi connectivity index (χ2n) is 2.76. The van der Waals surface area contributed by atoms with Crippen molar-refractivity contribution in [2.24, 2.45) is 0 Å². The normalized spacial score (nSPS) is 49.7. The van der Waals surface area contributed by atoms with Gasteiger partial charge in [-0.3, -0.25) is 0 Å². The van der Waals surface area contributed by atoms with E-state index < -0.39 is 0 Å². The number of rotatable bonds is 0. The second kappa shape index (κ2) is 1.94. The monoisotopic (exact) mass is 129 g/mol. The molecule has 2 heterocycles. The highest BCUT2D eigenvalue weighted by atomic mass is 16.5. The van der Waals surface area contributed by atoms with Gasteiger partial charge >= 0.3 is 0 Å². The molecule has 2 fully saturated rings.